The molecule has 1 unspecified atom stereocenters. The number of nitrogen functional groups attached to an aromatic ring is 1. The maximum atomic E-state index is 12.8. The Kier molecular flexibility index (Phi) is 2.63. The predicted molar refractivity (Wildman–Crippen MR) is 76.9 cm³/mol. The van der Waals surface area contributed by atoms with Crippen molar-refractivity contribution >= 4 is 17.6 Å². The normalized spacial score (nSPS) is 25.0. The summed E-state index contributed by atoms with van der Waals surface area (Å²) in [5.41, 5.74) is 7.18. The fourth-order valence-corrected chi connectivity index (χ4v) is 3.28. The molecule has 0 radical (unpaired) electrons. The van der Waals surface area contributed by atoms with Crippen LogP contribution in [-0.4, -0.2) is 58.5 Å². The second-order valence-electron chi connectivity index (χ2n) is 6.08. The zero-order valence-electron chi connectivity index (χ0n) is 11.8. The Bertz CT molecular complexity index is 607. The summed E-state index contributed by atoms with van der Waals surface area (Å²) in [7, 11) is 0. The van der Waals surface area contributed by atoms with Gasteiger partial charge in [0.05, 0.1) is 11.7 Å². The van der Waals surface area contributed by atoms with Gasteiger partial charge in [-0.1, -0.05) is 0 Å². The van der Waals surface area contributed by atoms with E-state index in [9.17, 15) is 9.59 Å². The molecule has 1 aliphatic carbocycles. The second-order valence-corrected chi connectivity index (χ2v) is 6.08. The van der Waals surface area contributed by atoms with E-state index in [4.69, 9.17) is 5.73 Å². The summed E-state index contributed by atoms with van der Waals surface area (Å²) >= 11 is 0. The molecule has 7 nitrogen and oxygen atoms in total. The highest BCUT2D eigenvalue weighted by atomic mass is 16.2. The molecule has 3 amide bonds. The molecule has 3 fully saturated rings. The van der Waals surface area contributed by atoms with Crippen LogP contribution in [0.3, 0.4) is 0 Å². The monoisotopic (exact) mass is 289 g/mol. The summed E-state index contributed by atoms with van der Waals surface area (Å²) in [5, 5.41) is 2.83. The van der Waals surface area contributed by atoms with Crippen molar-refractivity contribution in [3.8, 4) is 0 Å². The number of carbonyl (C=O) groups excluding carboxylic acids is 2. The largest absolute Gasteiger partial charge is 0.397 e. The van der Waals surface area contributed by atoms with Crippen molar-refractivity contribution in [1.82, 2.24) is 19.7 Å². The maximum Gasteiger partial charge on any atom is 0.317 e. The topological polar surface area (TPSA) is 83.6 Å². The summed E-state index contributed by atoms with van der Waals surface area (Å²) in [6.07, 6.45) is 4.09. The van der Waals surface area contributed by atoms with Crippen LogP contribution >= 0.6 is 0 Å². The van der Waals surface area contributed by atoms with Gasteiger partial charge in [0, 0.05) is 38.4 Å². The van der Waals surface area contributed by atoms with Crippen LogP contribution in [0.1, 0.15) is 29.4 Å². The SMILES string of the molecule is Nc1cc(C(=O)N2CCN3C(=O)NCC3C2)n(C2CC2)c1. The lowest BCUT2D eigenvalue weighted by molar-refractivity contribution is 0.0606. The first-order chi connectivity index (χ1) is 10.1. The second kappa shape index (κ2) is 4.41. The van der Waals surface area contributed by atoms with Crippen LogP contribution < -0.4 is 11.1 Å². The molecule has 21 heavy (non-hydrogen) atoms. The van der Waals surface area contributed by atoms with Crippen molar-refractivity contribution in [1.29, 1.82) is 0 Å². The van der Waals surface area contributed by atoms with Gasteiger partial charge in [-0.25, -0.2) is 4.79 Å². The van der Waals surface area contributed by atoms with Gasteiger partial charge in [-0.2, -0.15) is 0 Å². The number of hydrogen-bond donors (Lipinski definition) is 2. The summed E-state index contributed by atoms with van der Waals surface area (Å²) in [6.45, 7) is 2.39. The molecule has 1 saturated carbocycles. The molecule has 7 heteroatoms. The van der Waals surface area contributed by atoms with Gasteiger partial charge >= 0.3 is 6.03 Å². The van der Waals surface area contributed by atoms with E-state index in [1.54, 1.807) is 6.07 Å². The number of aromatic nitrogens is 1. The number of anilines is 1. The molecule has 3 N–H and O–H groups in total. The third-order valence-corrected chi connectivity index (χ3v) is 4.55. The van der Waals surface area contributed by atoms with E-state index >= 15 is 0 Å². The van der Waals surface area contributed by atoms with Crippen LogP contribution in [0.2, 0.25) is 0 Å². The Morgan fingerprint density at radius 3 is 2.86 bits per heavy atom. The number of amides is 3. The lowest BCUT2D eigenvalue weighted by atomic mass is 10.2. The van der Waals surface area contributed by atoms with E-state index in [0.29, 0.717) is 43.6 Å². The summed E-state index contributed by atoms with van der Waals surface area (Å²) < 4.78 is 2.02. The molecule has 0 bridgehead atoms. The number of urea groups is 1. The molecule has 0 spiro atoms. The number of carbonyl (C=O) groups is 2. The zero-order chi connectivity index (χ0) is 14.6. The molecule has 4 rings (SSSR count). The number of fused-ring (bicyclic) bond motifs is 1. The van der Waals surface area contributed by atoms with Gasteiger partial charge in [0.2, 0.25) is 0 Å². The zero-order valence-corrected chi connectivity index (χ0v) is 11.8. The van der Waals surface area contributed by atoms with Crippen molar-refractivity contribution in [2.45, 2.75) is 24.9 Å². The summed E-state index contributed by atoms with van der Waals surface area (Å²) in [4.78, 5) is 28.0. The van der Waals surface area contributed by atoms with Crippen LogP contribution in [-0.2, 0) is 0 Å². The maximum absolute atomic E-state index is 12.8. The molecule has 2 aliphatic heterocycles. The Labute approximate surface area is 122 Å². The van der Waals surface area contributed by atoms with Gasteiger partial charge in [0.15, 0.2) is 0 Å². The van der Waals surface area contributed by atoms with Crippen LogP contribution in [0.4, 0.5) is 10.5 Å². The number of hydrogen-bond acceptors (Lipinski definition) is 3. The van der Waals surface area contributed by atoms with Crippen molar-refractivity contribution in [2.24, 2.45) is 0 Å². The molecule has 2 saturated heterocycles. The van der Waals surface area contributed by atoms with Crippen molar-refractivity contribution in [3.05, 3.63) is 18.0 Å². The molecule has 3 heterocycles. The highest BCUT2D eigenvalue weighted by molar-refractivity contribution is 5.94. The number of nitrogens with one attached hydrogen (secondary N) is 1. The Morgan fingerprint density at radius 2 is 2.10 bits per heavy atom. The van der Waals surface area contributed by atoms with Gasteiger partial charge in [0.25, 0.3) is 5.91 Å². The first-order valence-corrected chi connectivity index (χ1v) is 7.44. The lowest BCUT2D eigenvalue weighted by Gasteiger charge is -2.36. The van der Waals surface area contributed by atoms with E-state index in [0.717, 1.165) is 12.8 Å². The van der Waals surface area contributed by atoms with E-state index in [-0.39, 0.29) is 18.0 Å². The Hall–Kier alpha value is -2.18. The van der Waals surface area contributed by atoms with Gasteiger partial charge < -0.3 is 25.4 Å². The van der Waals surface area contributed by atoms with E-state index in [2.05, 4.69) is 5.32 Å². The number of piperazine rings is 1. The molecule has 1 aromatic rings. The van der Waals surface area contributed by atoms with Crippen LogP contribution in [0.25, 0.3) is 0 Å². The first-order valence-electron chi connectivity index (χ1n) is 7.44. The average molecular weight is 289 g/mol. The minimum absolute atomic E-state index is 0.0160. The molecule has 1 aromatic heterocycles. The van der Waals surface area contributed by atoms with Gasteiger partial charge in [-0.15, -0.1) is 0 Å². The molecular formula is C14H19N5O2. The smallest absolute Gasteiger partial charge is 0.317 e. The lowest BCUT2D eigenvalue weighted by Crippen LogP contribution is -2.54. The van der Waals surface area contributed by atoms with Crippen LogP contribution in [0.5, 0.6) is 0 Å². The van der Waals surface area contributed by atoms with Crippen LogP contribution in [0, 0.1) is 0 Å². The quantitative estimate of drug-likeness (QED) is 0.819. The van der Waals surface area contributed by atoms with Crippen molar-refractivity contribution < 1.29 is 9.59 Å². The predicted octanol–water partition coefficient (Wildman–Crippen LogP) is 0.255. The van der Waals surface area contributed by atoms with E-state index in [1.807, 2.05) is 20.6 Å². The minimum Gasteiger partial charge on any atom is -0.397 e. The average Bonchev–Trinajstić information content (AvgIpc) is 3.17. The first kappa shape index (κ1) is 12.6. The summed E-state index contributed by atoms with van der Waals surface area (Å²) in [5.74, 6) is 0.0256. The highest BCUT2D eigenvalue weighted by Crippen LogP contribution is 2.37. The standard InChI is InChI=1S/C14H19N5O2/c15-9-5-12(19(7-9)10-1-2-10)13(20)17-3-4-18-11(8-17)6-16-14(18)21/h5,7,10-11H,1-4,6,8,15H2,(H,16,21). The Balaban J connectivity index is 1.54. The molecule has 1 atom stereocenters. The molecule has 112 valence electrons. The van der Waals surface area contributed by atoms with Gasteiger partial charge in [-0.05, 0) is 18.9 Å². The third-order valence-electron chi connectivity index (χ3n) is 4.55. The molecule has 0 aromatic carbocycles. The molecule has 3 aliphatic rings. The Morgan fingerprint density at radius 1 is 1.29 bits per heavy atom. The minimum atomic E-state index is -0.0160. The number of rotatable bonds is 2. The fourth-order valence-electron chi connectivity index (χ4n) is 3.28. The summed E-state index contributed by atoms with van der Waals surface area (Å²) in [6, 6.07) is 2.28. The van der Waals surface area contributed by atoms with Crippen molar-refractivity contribution in [2.75, 3.05) is 31.9 Å². The number of nitrogens with zero attached hydrogens (tertiary/aromatic N) is 3. The number of nitrogens with two attached hydrogens (primary N) is 1. The molecular weight excluding hydrogens is 270 g/mol. The van der Waals surface area contributed by atoms with Gasteiger partial charge in [0.1, 0.15) is 5.69 Å². The highest BCUT2D eigenvalue weighted by Gasteiger charge is 2.38. The van der Waals surface area contributed by atoms with E-state index in [1.165, 1.54) is 0 Å². The fraction of sp³-hybridized carbons (Fsp3) is 0.571. The third kappa shape index (κ3) is 2.03. The van der Waals surface area contributed by atoms with Crippen LogP contribution in [0.15, 0.2) is 12.3 Å². The van der Waals surface area contributed by atoms with E-state index < -0.39 is 0 Å². The van der Waals surface area contributed by atoms with Crippen molar-refractivity contribution in [3.63, 3.8) is 0 Å². The van der Waals surface area contributed by atoms with Gasteiger partial charge in [-0.3, -0.25) is 4.79 Å².